The fourth-order valence-electron chi connectivity index (χ4n) is 2.39. The van der Waals surface area contributed by atoms with Gasteiger partial charge in [0.25, 0.3) is 11.1 Å². The van der Waals surface area contributed by atoms with E-state index in [1.807, 2.05) is 24.3 Å². The molecule has 0 amide bonds. The Morgan fingerprint density at radius 2 is 1.59 bits per heavy atom. The van der Waals surface area contributed by atoms with E-state index in [1.54, 1.807) is 30.0 Å². The topological polar surface area (TPSA) is 82.1 Å². The third-order valence-corrected chi connectivity index (χ3v) is 4.83. The number of benzene rings is 1. The summed E-state index contributed by atoms with van der Waals surface area (Å²) >= 11 is 1.78. The van der Waals surface area contributed by atoms with Crippen LogP contribution in [0.25, 0.3) is 12.2 Å². The fraction of sp³-hybridized carbons (Fsp3) is 0.200. The van der Waals surface area contributed by atoms with Crippen LogP contribution in [0.2, 0.25) is 0 Å². The minimum absolute atomic E-state index is 0.186. The number of aromatic nitrogens is 2. The molecule has 140 valence electrons. The van der Waals surface area contributed by atoms with Crippen molar-refractivity contribution in [2.75, 3.05) is 26.4 Å². The maximum Gasteiger partial charge on any atom is 0.272 e. The Labute approximate surface area is 160 Å². The number of furan rings is 1. The van der Waals surface area contributed by atoms with Crippen LogP contribution in [-0.4, -0.2) is 41.3 Å². The third kappa shape index (κ3) is 5.35. The zero-order valence-corrected chi connectivity index (χ0v) is 16.0. The van der Waals surface area contributed by atoms with Crippen molar-refractivity contribution in [1.29, 1.82) is 0 Å². The molecule has 7 heteroatoms. The lowest BCUT2D eigenvalue weighted by Crippen LogP contribution is -2.46. The first-order valence-electron chi connectivity index (χ1n) is 8.47. The normalized spacial score (nSPS) is 12.9. The summed E-state index contributed by atoms with van der Waals surface area (Å²) in [5.41, 5.74) is 0.835. The van der Waals surface area contributed by atoms with Gasteiger partial charge in [-0.15, -0.1) is 11.8 Å². The average molecular weight is 383 g/mol. The lowest BCUT2D eigenvalue weighted by molar-refractivity contribution is 0.437. The van der Waals surface area contributed by atoms with Gasteiger partial charge in [0, 0.05) is 22.8 Å². The van der Waals surface area contributed by atoms with E-state index in [9.17, 15) is 9.59 Å². The van der Waals surface area contributed by atoms with Crippen LogP contribution in [0.1, 0.15) is 11.1 Å². The Kier molecular flexibility index (Phi) is 6.16. The van der Waals surface area contributed by atoms with E-state index < -0.39 is 0 Å². The molecular formula is C20H21N3O3S. The van der Waals surface area contributed by atoms with Crippen LogP contribution in [0.15, 0.2) is 61.8 Å². The van der Waals surface area contributed by atoms with Gasteiger partial charge in [0.05, 0.1) is 12.5 Å². The van der Waals surface area contributed by atoms with Gasteiger partial charge in [-0.05, 0) is 50.0 Å². The Hall–Kier alpha value is -2.77. The third-order valence-electron chi connectivity index (χ3n) is 3.84. The van der Waals surface area contributed by atoms with Crippen LogP contribution in [-0.2, 0) is 0 Å². The van der Waals surface area contributed by atoms with Crippen molar-refractivity contribution in [1.82, 2.24) is 14.9 Å². The summed E-state index contributed by atoms with van der Waals surface area (Å²) in [4.78, 5) is 33.1. The second-order valence-corrected chi connectivity index (χ2v) is 7.47. The summed E-state index contributed by atoms with van der Waals surface area (Å²) in [6, 6.07) is 9.59. The summed E-state index contributed by atoms with van der Waals surface area (Å²) in [7, 11) is 4.10. The van der Waals surface area contributed by atoms with Gasteiger partial charge in [-0.25, -0.2) is 0 Å². The molecule has 3 aromatic rings. The van der Waals surface area contributed by atoms with E-state index in [0.717, 1.165) is 17.9 Å². The molecule has 0 radical (unpaired) electrons. The number of hydrogen-bond donors (Lipinski definition) is 2. The monoisotopic (exact) mass is 383 g/mol. The van der Waals surface area contributed by atoms with E-state index in [0.29, 0.717) is 5.56 Å². The first-order valence-corrected chi connectivity index (χ1v) is 9.46. The van der Waals surface area contributed by atoms with E-state index >= 15 is 0 Å². The highest BCUT2D eigenvalue weighted by atomic mass is 32.2. The molecule has 2 aromatic heterocycles. The maximum absolute atomic E-state index is 12.3. The largest absolute Gasteiger partial charge is 0.472 e. The maximum atomic E-state index is 12.3. The minimum Gasteiger partial charge on any atom is -0.472 e. The van der Waals surface area contributed by atoms with Crippen molar-refractivity contribution in [3.05, 3.63) is 85.4 Å². The van der Waals surface area contributed by atoms with Crippen molar-refractivity contribution in [3.63, 3.8) is 0 Å². The number of nitrogens with one attached hydrogen (secondary N) is 2. The van der Waals surface area contributed by atoms with Crippen LogP contribution in [0.5, 0.6) is 0 Å². The molecule has 0 atom stereocenters. The van der Waals surface area contributed by atoms with Crippen LogP contribution < -0.4 is 21.8 Å². The Bertz CT molecular complexity index is 1110. The SMILES string of the molecule is CN(C)CCSc1ccc(C=c2[nH]c(=O)c(=Cc3ccoc3)[nH]c2=O)cc1. The van der Waals surface area contributed by atoms with Gasteiger partial charge in [0.2, 0.25) is 0 Å². The highest BCUT2D eigenvalue weighted by Gasteiger charge is 1.99. The molecule has 3 rings (SSSR count). The Morgan fingerprint density at radius 3 is 2.15 bits per heavy atom. The summed E-state index contributed by atoms with van der Waals surface area (Å²) in [6.45, 7) is 1.01. The van der Waals surface area contributed by atoms with Crippen LogP contribution >= 0.6 is 11.8 Å². The minimum atomic E-state index is -0.363. The van der Waals surface area contributed by atoms with E-state index in [2.05, 4.69) is 29.0 Å². The van der Waals surface area contributed by atoms with Crippen LogP contribution in [0.3, 0.4) is 0 Å². The van der Waals surface area contributed by atoms with Crippen LogP contribution in [0, 0.1) is 0 Å². The smallest absolute Gasteiger partial charge is 0.272 e. The van der Waals surface area contributed by atoms with E-state index in [1.165, 1.54) is 17.4 Å². The molecular weight excluding hydrogens is 362 g/mol. The van der Waals surface area contributed by atoms with Crippen molar-refractivity contribution >= 4 is 23.9 Å². The van der Waals surface area contributed by atoms with Crippen molar-refractivity contribution in [3.8, 4) is 0 Å². The summed E-state index contributed by atoms with van der Waals surface area (Å²) in [5.74, 6) is 1.01. The summed E-state index contributed by atoms with van der Waals surface area (Å²) in [6.07, 6.45) is 6.22. The number of aromatic amines is 2. The van der Waals surface area contributed by atoms with Crippen molar-refractivity contribution in [2.24, 2.45) is 0 Å². The zero-order chi connectivity index (χ0) is 19.2. The molecule has 6 nitrogen and oxygen atoms in total. The first-order chi connectivity index (χ1) is 13.0. The standard InChI is InChI=1S/C20H21N3O3S/c1-23(2)8-10-27-16-5-3-14(4-6-16)11-17-19(24)22-18(20(25)21-17)12-15-7-9-26-13-15/h3-7,9,11-13H,8,10H2,1-2H3,(H,21,25)(H,22,24). The van der Waals surface area contributed by atoms with Gasteiger partial charge in [-0.3, -0.25) is 9.59 Å². The molecule has 0 bridgehead atoms. The summed E-state index contributed by atoms with van der Waals surface area (Å²) < 4.78 is 4.96. The lowest BCUT2D eigenvalue weighted by Gasteiger charge is -2.08. The van der Waals surface area contributed by atoms with Crippen molar-refractivity contribution < 1.29 is 4.42 Å². The molecule has 1 aromatic carbocycles. The number of H-pyrrole nitrogens is 2. The van der Waals surface area contributed by atoms with Crippen molar-refractivity contribution in [2.45, 2.75) is 4.90 Å². The lowest BCUT2D eigenvalue weighted by atomic mass is 10.2. The second kappa shape index (κ2) is 8.75. The molecule has 0 aliphatic heterocycles. The van der Waals surface area contributed by atoms with Gasteiger partial charge in [0.15, 0.2) is 0 Å². The predicted octanol–water partition coefficient (Wildman–Crippen LogP) is 0.967. The van der Waals surface area contributed by atoms with Crippen LogP contribution in [0.4, 0.5) is 0 Å². The summed E-state index contributed by atoms with van der Waals surface area (Å²) in [5, 5.41) is 0.406. The molecule has 0 aliphatic carbocycles. The van der Waals surface area contributed by atoms with Gasteiger partial charge in [-0.1, -0.05) is 12.1 Å². The first kappa shape index (κ1) is 19.0. The molecule has 2 heterocycles. The van der Waals surface area contributed by atoms with Gasteiger partial charge < -0.3 is 19.3 Å². The zero-order valence-electron chi connectivity index (χ0n) is 15.2. The molecule has 2 N–H and O–H groups in total. The van der Waals surface area contributed by atoms with Gasteiger partial charge in [-0.2, -0.15) is 0 Å². The molecule has 0 unspecified atom stereocenters. The predicted molar refractivity (Wildman–Crippen MR) is 108 cm³/mol. The number of thioether (sulfide) groups is 1. The molecule has 0 saturated carbocycles. The number of nitrogens with zero attached hydrogens (tertiary/aromatic N) is 1. The highest BCUT2D eigenvalue weighted by molar-refractivity contribution is 7.99. The number of hydrogen-bond acceptors (Lipinski definition) is 5. The van der Waals surface area contributed by atoms with Gasteiger partial charge >= 0.3 is 0 Å². The Balaban J connectivity index is 1.84. The molecule has 0 saturated heterocycles. The van der Waals surface area contributed by atoms with Gasteiger partial charge in [0.1, 0.15) is 10.7 Å². The average Bonchev–Trinajstić information content (AvgIpc) is 3.13. The second-order valence-electron chi connectivity index (χ2n) is 6.30. The molecule has 27 heavy (non-hydrogen) atoms. The fourth-order valence-corrected chi connectivity index (χ4v) is 3.41. The molecule has 0 aliphatic rings. The van der Waals surface area contributed by atoms with E-state index in [-0.39, 0.29) is 21.8 Å². The highest BCUT2D eigenvalue weighted by Crippen LogP contribution is 2.18. The van der Waals surface area contributed by atoms with E-state index in [4.69, 9.17) is 4.42 Å². The Morgan fingerprint density at radius 1 is 0.963 bits per heavy atom. The number of rotatable bonds is 6. The molecule has 0 spiro atoms. The quantitative estimate of drug-likeness (QED) is 0.620. The molecule has 0 fully saturated rings.